The van der Waals surface area contributed by atoms with E-state index in [0.717, 1.165) is 4.47 Å². The number of H-pyrrole nitrogens is 2. The maximum atomic E-state index is 11.4. The number of aromatic nitrogens is 4. The Hall–Kier alpha value is -1.93. The SMILES string of the molecule is COCc1noc(-c2cc(Br)cc3[nH]c(=O)[nH]c23)n1. The van der Waals surface area contributed by atoms with Crippen molar-refractivity contribution in [2.24, 2.45) is 0 Å². The van der Waals surface area contributed by atoms with Gasteiger partial charge in [-0.1, -0.05) is 21.1 Å². The van der Waals surface area contributed by atoms with E-state index >= 15 is 0 Å². The maximum Gasteiger partial charge on any atom is 0.323 e. The van der Waals surface area contributed by atoms with E-state index in [1.54, 1.807) is 19.2 Å². The van der Waals surface area contributed by atoms with E-state index in [9.17, 15) is 4.79 Å². The molecule has 2 heterocycles. The second-order valence-corrected chi connectivity index (χ2v) is 4.82. The second kappa shape index (κ2) is 4.63. The minimum atomic E-state index is -0.286. The van der Waals surface area contributed by atoms with Crippen LogP contribution in [-0.2, 0) is 11.3 Å². The summed E-state index contributed by atoms with van der Waals surface area (Å²) in [5, 5.41) is 3.80. The fraction of sp³-hybridized carbons (Fsp3) is 0.182. The zero-order chi connectivity index (χ0) is 13.4. The first kappa shape index (κ1) is 12.1. The van der Waals surface area contributed by atoms with Crippen molar-refractivity contribution in [1.82, 2.24) is 20.1 Å². The molecule has 3 aromatic rings. The highest BCUT2D eigenvalue weighted by atomic mass is 79.9. The summed E-state index contributed by atoms with van der Waals surface area (Å²) in [4.78, 5) is 21.0. The molecule has 2 N–H and O–H groups in total. The van der Waals surface area contributed by atoms with Gasteiger partial charge in [-0.15, -0.1) is 0 Å². The van der Waals surface area contributed by atoms with Crippen LogP contribution >= 0.6 is 15.9 Å². The lowest BCUT2D eigenvalue weighted by Crippen LogP contribution is -1.99. The number of hydrogen-bond acceptors (Lipinski definition) is 5. The predicted octanol–water partition coefficient (Wildman–Crippen LogP) is 1.82. The van der Waals surface area contributed by atoms with Crippen LogP contribution in [0.4, 0.5) is 0 Å². The molecule has 2 aromatic heterocycles. The van der Waals surface area contributed by atoms with Crippen LogP contribution < -0.4 is 5.69 Å². The van der Waals surface area contributed by atoms with Crippen molar-refractivity contribution in [3.63, 3.8) is 0 Å². The van der Waals surface area contributed by atoms with Gasteiger partial charge in [0.1, 0.15) is 6.61 Å². The summed E-state index contributed by atoms with van der Waals surface area (Å²) in [6, 6.07) is 3.60. The Morgan fingerprint density at radius 3 is 3.05 bits per heavy atom. The number of hydrogen-bond donors (Lipinski definition) is 2. The monoisotopic (exact) mass is 324 g/mol. The molecule has 0 radical (unpaired) electrons. The largest absolute Gasteiger partial charge is 0.377 e. The molecule has 8 heteroatoms. The lowest BCUT2D eigenvalue weighted by atomic mass is 10.2. The van der Waals surface area contributed by atoms with Gasteiger partial charge >= 0.3 is 5.69 Å². The third-order valence-corrected chi connectivity index (χ3v) is 3.02. The van der Waals surface area contributed by atoms with Crippen LogP contribution in [0.25, 0.3) is 22.5 Å². The summed E-state index contributed by atoms with van der Waals surface area (Å²) in [6.07, 6.45) is 0. The maximum absolute atomic E-state index is 11.4. The van der Waals surface area contributed by atoms with Gasteiger partial charge in [-0.05, 0) is 12.1 Å². The minimum absolute atomic E-state index is 0.268. The normalized spacial score (nSPS) is 11.3. The quantitative estimate of drug-likeness (QED) is 0.765. The lowest BCUT2D eigenvalue weighted by molar-refractivity contribution is 0.174. The van der Waals surface area contributed by atoms with Gasteiger partial charge in [0.05, 0.1) is 16.6 Å². The van der Waals surface area contributed by atoms with Gasteiger partial charge in [-0.3, -0.25) is 0 Å². The Balaban J connectivity index is 2.19. The van der Waals surface area contributed by atoms with Crippen LogP contribution in [-0.4, -0.2) is 27.2 Å². The zero-order valence-electron chi connectivity index (χ0n) is 9.86. The average Bonchev–Trinajstić information content (AvgIpc) is 2.94. The van der Waals surface area contributed by atoms with Gasteiger partial charge < -0.3 is 19.2 Å². The third kappa shape index (κ3) is 2.20. The van der Waals surface area contributed by atoms with Crippen LogP contribution in [0, 0.1) is 0 Å². The number of fused-ring (bicyclic) bond motifs is 1. The third-order valence-electron chi connectivity index (χ3n) is 2.56. The van der Waals surface area contributed by atoms with Crippen molar-refractivity contribution in [3.05, 3.63) is 32.9 Å². The van der Waals surface area contributed by atoms with Crippen LogP contribution in [0.3, 0.4) is 0 Å². The Morgan fingerprint density at radius 1 is 1.42 bits per heavy atom. The van der Waals surface area contributed by atoms with Crippen molar-refractivity contribution in [1.29, 1.82) is 0 Å². The van der Waals surface area contributed by atoms with E-state index in [1.807, 2.05) is 0 Å². The molecule has 0 fully saturated rings. The molecule has 0 amide bonds. The van der Waals surface area contributed by atoms with Crippen molar-refractivity contribution in [2.45, 2.75) is 6.61 Å². The van der Waals surface area contributed by atoms with Crippen LogP contribution in [0.1, 0.15) is 5.82 Å². The molecule has 7 nitrogen and oxygen atoms in total. The molecule has 0 saturated heterocycles. The predicted molar refractivity (Wildman–Crippen MR) is 70.6 cm³/mol. The lowest BCUT2D eigenvalue weighted by Gasteiger charge is -1.98. The molecule has 19 heavy (non-hydrogen) atoms. The summed E-state index contributed by atoms with van der Waals surface area (Å²) in [7, 11) is 1.55. The number of halogens is 1. The Kier molecular flexibility index (Phi) is 2.96. The van der Waals surface area contributed by atoms with Gasteiger partial charge in [-0.25, -0.2) is 4.79 Å². The van der Waals surface area contributed by atoms with Crippen LogP contribution in [0.2, 0.25) is 0 Å². The summed E-state index contributed by atoms with van der Waals surface area (Å²) in [5.74, 6) is 0.775. The number of benzene rings is 1. The first-order chi connectivity index (χ1) is 9.17. The van der Waals surface area contributed by atoms with E-state index in [1.165, 1.54) is 0 Å². The molecular weight excluding hydrogens is 316 g/mol. The first-order valence-corrected chi connectivity index (χ1v) is 6.20. The van der Waals surface area contributed by atoms with E-state index in [0.29, 0.717) is 28.3 Å². The number of methoxy groups -OCH3 is 1. The summed E-state index contributed by atoms with van der Waals surface area (Å²) in [5.41, 5.74) is 1.66. The molecule has 0 bridgehead atoms. The Morgan fingerprint density at radius 2 is 2.26 bits per heavy atom. The first-order valence-electron chi connectivity index (χ1n) is 5.41. The Labute approximate surface area is 115 Å². The molecule has 0 aliphatic rings. The number of ether oxygens (including phenoxy) is 1. The standard InChI is InChI=1S/C11H9BrN4O3/c1-18-4-8-14-10(19-16-8)6-2-5(12)3-7-9(6)15-11(17)13-7/h2-3H,4H2,1H3,(H2,13,15,17). The van der Waals surface area contributed by atoms with Crippen molar-refractivity contribution >= 4 is 27.0 Å². The average molecular weight is 325 g/mol. The second-order valence-electron chi connectivity index (χ2n) is 3.90. The van der Waals surface area contributed by atoms with Gasteiger partial charge in [-0.2, -0.15) is 4.98 Å². The molecule has 98 valence electrons. The molecule has 3 rings (SSSR count). The number of nitrogens with one attached hydrogen (secondary N) is 2. The number of aromatic amines is 2. The molecule has 0 aliphatic heterocycles. The fourth-order valence-corrected chi connectivity index (χ4v) is 2.28. The fourth-order valence-electron chi connectivity index (χ4n) is 1.83. The van der Waals surface area contributed by atoms with Crippen molar-refractivity contribution in [3.8, 4) is 11.5 Å². The molecular formula is C11H9BrN4O3. The highest BCUT2D eigenvalue weighted by Gasteiger charge is 2.15. The number of rotatable bonds is 3. The van der Waals surface area contributed by atoms with Gasteiger partial charge in [0.2, 0.25) is 0 Å². The minimum Gasteiger partial charge on any atom is -0.377 e. The van der Waals surface area contributed by atoms with Gasteiger partial charge in [0, 0.05) is 11.6 Å². The van der Waals surface area contributed by atoms with Gasteiger partial charge in [0.25, 0.3) is 5.89 Å². The molecule has 0 unspecified atom stereocenters. The van der Waals surface area contributed by atoms with E-state index < -0.39 is 0 Å². The summed E-state index contributed by atoms with van der Waals surface area (Å²) >= 11 is 3.38. The topological polar surface area (TPSA) is 96.8 Å². The number of imidazole rings is 1. The van der Waals surface area contributed by atoms with Crippen LogP contribution in [0.15, 0.2) is 25.9 Å². The summed E-state index contributed by atoms with van der Waals surface area (Å²) in [6.45, 7) is 0.268. The molecule has 0 saturated carbocycles. The van der Waals surface area contributed by atoms with E-state index in [2.05, 4.69) is 36.0 Å². The molecule has 0 atom stereocenters. The van der Waals surface area contributed by atoms with Crippen molar-refractivity contribution < 1.29 is 9.26 Å². The van der Waals surface area contributed by atoms with E-state index in [4.69, 9.17) is 9.26 Å². The highest BCUT2D eigenvalue weighted by molar-refractivity contribution is 9.10. The van der Waals surface area contributed by atoms with Crippen molar-refractivity contribution in [2.75, 3.05) is 7.11 Å². The van der Waals surface area contributed by atoms with E-state index in [-0.39, 0.29) is 12.3 Å². The Bertz CT molecular complexity index is 789. The van der Waals surface area contributed by atoms with Gasteiger partial charge in [0.15, 0.2) is 5.82 Å². The molecule has 0 aliphatic carbocycles. The molecule has 0 spiro atoms. The smallest absolute Gasteiger partial charge is 0.323 e. The van der Waals surface area contributed by atoms with Crippen LogP contribution in [0.5, 0.6) is 0 Å². The highest BCUT2D eigenvalue weighted by Crippen LogP contribution is 2.28. The summed E-state index contributed by atoms with van der Waals surface area (Å²) < 4.78 is 10.9. The zero-order valence-corrected chi connectivity index (χ0v) is 11.4. The number of nitrogens with zero attached hydrogens (tertiary/aromatic N) is 2. The molecule has 1 aromatic carbocycles.